The van der Waals surface area contributed by atoms with Gasteiger partial charge in [0.1, 0.15) is 0 Å². The lowest BCUT2D eigenvalue weighted by Gasteiger charge is -2.12. The Labute approximate surface area is 190 Å². The van der Waals surface area contributed by atoms with Gasteiger partial charge in [0.15, 0.2) is 0 Å². The summed E-state index contributed by atoms with van der Waals surface area (Å²) in [5, 5.41) is 18.8. The number of rotatable bonds is 15. The Kier molecular flexibility index (Phi) is 10.5. The average molecular weight is 439 g/mol. The van der Waals surface area contributed by atoms with Crippen molar-refractivity contribution in [2.45, 2.75) is 77.7 Å². The Hall–Kier alpha value is -3.07. The van der Waals surface area contributed by atoms with Crippen molar-refractivity contribution in [1.29, 1.82) is 0 Å². The molecular weight excluding hydrogens is 404 g/mol. The van der Waals surface area contributed by atoms with Gasteiger partial charge in [-0.25, -0.2) is 16.2 Å². The van der Waals surface area contributed by atoms with Gasteiger partial charge < -0.3 is 19.6 Å². The Morgan fingerprint density at radius 1 is 0.906 bits per heavy atom. The van der Waals surface area contributed by atoms with Gasteiger partial charge in [-0.2, -0.15) is 0 Å². The fourth-order valence-electron chi connectivity index (χ4n) is 4.09. The Balaban J connectivity index is 2.11. The lowest BCUT2D eigenvalue weighted by Crippen LogP contribution is -2.08. The first kappa shape index (κ1) is 25.2. The molecular formula is C26H34N2O4. The molecule has 0 spiro atoms. The second-order valence-corrected chi connectivity index (χ2v) is 8.20. The third-order valence-corrected chi connectivity index (χ3v) is 5.84. The van der Waals surface area contributed by atoms with E-state index in [0.29, 0.717) is 18.7 Å². The summed E-state index contributed by atoms with van der Waals surface area (Å²) in [6.07, 6.45) is 13.9. The van der Waals surface area contributed by atoms with Gasteiger partial charge in [0, 0.05) is 17.5 Å². The van der Waals surface area contributed by atoms with Crippen LogP contribution in [0.4, 0.5) is 0 Å². The zero-order valence-corrected chi connectivity index (χ0v) is 19.0. The van der Waals surface area contributed by atoms with Crippen LogP contribution in [0.2, 0.25) is 0 Å². The molecule has 0 atom stereocenters. The molecule has 0 aliphatic rings. The van der Waals surface area contributed by atoms with Gasteiger partial charge in [-0.3, -0.25) is 0 Å². The topological polar surface area (TPSA) is 83.9 Å². The van der Waals surface area contributed by atoms with Gasteiger partial charge in [0.2, 0.25) is 6.54 Å². The van der Waals surface area contributed by atoms with Crippen molar-refractivity contribution in [3.8, 4) is 11.1 Å². The largest absolute Gasteiger partial charge is 0.478 e. The van der Waals surface area contributed by atoms with Crippen molar-refractivity contribution in [2.24, 2.45) is 0 Å². The van der Waals surface area contributed by atoms with Crippen LogP contribution in [0, 0.1) is 6.57 Å². The summed E-state index contributed by atoms with van der Waals surface area (Å²) in [6, 6.07) is 6.42. The number of carbonyl (C=O) groups is 2. The molecule has 1 aromatic heterocycles. The molecule has 0 bridgehead atoms. The molecule has 0 unspecified atom stereocenters. The predicted molar refractivity (Wildman–Crippen MR) is 126 cm³/mol. The van der Waals surface area contributed by atoms with E-state index >= 15 is 0 Å². The molecule has 0 amide bonds. The van der Waals surface area contributed by atoms with E-state index in [0.717, 1.165) is 30.5 Å². The summed E-state index contributed by atoms with van der Waals surface area (Å²) in [6.45, 7) is 10.3. The number of carboxylic acids is 2. The van der Waals surface area contributed by atoms with E-state index in [2.05, 4.69) is 16.3 Å². The second-order valence-electron chi connectivity index (χ2n) is 8.20. The minimum atomic E-state index is -1.25. The highest BCUT2D eigenvalue weighted by molar-refractivity contribution is 6.02. The van der Waals surface area contributed by atoms with Crippen LogP contribution in [0.15, 0.2) is 30.5 Å². The lowest BCUT2D eigenvalue weighted by atomic mass is 9.97. The molecule has 172 valence electrons. The quantitative estimate of drug-likeness (QED) is 0.244. The molecule has 0 aliphatic carbocycles. The number of aromatic carboxylic acids is 2. The molecule has 2 rings (SSSR count). The summed E-state index contributed by atoms with van der Waals surface area (Å²) in [4.78, 5) is 26.4. The van der Waals surface area contributed by atoms with Crippen LogP contribution < -0.4 is 0 Å². The number of hydrogen-bond acceptors (Lipinski definition) is 2. The summed E-state index contributed by atoms with van der Waals surface area (Å²) in [7, 11) is 0. The number of hydrogen-bond donors (Lipinski definition) is 2. The van der Waals surface area contributed by atoms with E-state index in [-0.39, 0.29) is 11.1 Å². The molecule has 2 N–H and O–H groups in total. The zero-order chi connectivity index (χ0) is 23.3. The first-order valence-electron chi connectivity index (χ1n) is 11.6. The first-order chi connectivity index (χ1) is 15.5. The number of nitrogens with zero attached hydrogens (tertiary/aromatic N) is 2. The smallest absolute Gasteiger partial charge is 0.336 e. The maximum absolute atomic E-state index is 11.6. The Morgan fingerprint density at radius 2 is 1.53 bits per heavy atom. The lowest BCUT2D eigenvalue weighted by molar-refractivity contribution is 0.0651. The summed E-state index contributed by atoms with van der Waals surface area (Å²) in [5.74, 6) is -2.50. The van der Waals surface area contributed by atoms with Crippen LogP contribution in [-0.4, -0.2) is 33.3 Å². The molecule has 32 heavy (non-hydrogen) atoms. The first-order valence-corrected chi connectivity index (χ1v) is 11.6. The van der Waals surface area contributed by atoms with Crippen molar-refractivity contribution >= 4 is 11.9 Å². The second kappa shape index (κ2) is 13.4. The molecule has 0 fully saturated rings. The molecule has 0 aliphatic heterocycles. The van der Waals surface area contributed by atoms with Gasteiger partial charge in [-0.1, -0.05) is 64.4 Å². The number of unbranched alkanes of at least 4 members (excludes halogenated alkanes) is 8. The highest BCUT2D eigenvalue weighted by Gasteiger charge is 2.19. The number of aromatic nitrogens is 1. The van der Waals surface area contributed by atoms with Crippen LogP contribution >= 0.6 is 0 Å². The summed E-state index contributed by atoms with van der Waals surface area (Å²) < 4.78 is 2.07. The van der Waals surface area contributed by atoms with Crippen molar-refractivity contribution in [3.63, 3.8) is 0 Å². The molecule has 0 saturated carbocycles. The Bertz CT molecular complexity index is 940. The van der Waals surface area contributed by atoms with Gasteiger partial charge in [0.25, 0.3) is 0 Å². The van der Waals surface area contributed by atoms with Crippen LogP contribution in [0.5, 0.6) is 0 Å². The number of carboxylic acid groups (broad SMARTS) is 2. The monoisotopic (exact) mass is 438 g/mol. The molecule has 1 heterocycles. The van der Waals surface area contributed by atoms with E-state index in [9.17, 15) is 19.8 Å². The molecule has 0 radical (unpaired) electrons. The minimum Gasteiger partial charge on any atom is -0.478 e. The summed E-state index contributed by atoms with van der Waals surface area (Å²) >= 11 is 0. The van der Waals surface area contributed by atoms with Crippen molar-refractivity contribution < 1.29 is 19.8 Å². The fourth-order valence-corrected chi connectivity index (χ4v) is 4.09. The van der Waals surface area contributed by atoms with Crippen LogP contribution in [0.1, 0.15) is 91.1 Å². The molecule has 1 aromatic carbocycles. The third-order valence-electron chi connectivity index (χ3n) is 5.84. The van der Waals surface area contributed by atoms with Gasteiger partial charge in [0.05, 0.1) is 17.7 Å². The molecule has 6 heteroatoms. The van der Waals surface area contributed by atoms with Gasteiger partial charge in [-0.05, 0) is 36.6 Å². The predicted octanol–water partition coefficient (Wildman–Crippen LogP) is 6.54. The standard InChI is InChI=1S/C26H34N2O4/c1-3-4-5-6-7-8-9-10-11-12-24-21(15-17-28(24)18-16-27-2)20-13-14-22(25(29)30)23(19-20)26(31)32/h13-15,17,19H,3-12,16,18H2,1H3,(H,29,30)(H,31,32). The maximum atomic E-state index is 11.6. The SMILES string of the molecule is [C-]#[N+]CCn1ccc(-c2ccc(C(=O)O)c(C(=O)O)c2)c1CCCCCCCCCCC. The van der Waals surface area contributed by atoms with Crippen LogP contribution in [0.25, 0.3) is 16.0 Å². The van der Waals surface area contributed by atoms with Crippen molar-refractivity contribution in [2.75, 3.05) is 6.54 Å². The van der Waals surface area contributed by atoms with Crippen molar-refractivity contribution in [1.82, 2.24) is 4.57 Å². The number of benzene rings is 1. The molecule has 2 aromatic rings. The van der Waals surface area contributed by atoms with E-state index in [4.69, 9.17) is 6.57 Å². The molecule has 0 saturated heterocycles. The Morgan fingerprint density at radius 3 is 2.12 bits per heavy atom. The third kappa shape index (κ3) is 7.26. The van der Waals surface area contributed by atoms with Crippen LogP contribution in [-0.2, 0) is 13.0 Å². The minimum absolute atomic E-state index is 0.210. The van der Waals surface area contributed by atoms with Crippen molar-refractivity contribution in [3.05, 3.63) is 58.7 Å². The zero-order valence-electron chi connectivity index (χ0n) is 19.0. The summed E-state index contributed by atoms with van der Waals surface area (Å²) in [5.41, 5.74) is 2.26. The van der Waals surface area contributed by atoms with E-state index in [1.54, 1.807) is 6.07 Å². The van der Waals surface area contributed by atoms with Gasteiger partial charge in [-0.15, -0.1) is 0 Å². The maximum Gasteiger partial charge on any atom is 0.336 e. The van der Waals surface area contributed by atoms with Crippen LogP contribution in [0.3, 0.4) is 0 Å². The average Bonchev–Trinajstić information content (AvgIpc) is 3.18. The highest BCUT2D eigenvalue weighted by atomic mass is 16.4. The normalized spacial score (nSPS) is 10.8. The fraction of sp³-hybridized carbons (Fsp3) is 0.500. The van der Waals surface area contributed by atoms with E-state index in [1.807, 2.05) is 12.3 Å². The van der Waals surface area contributed by atoms with Gasteiger partial charge >= 0.3 is 11.9 Å². The van der Waals surface area contributed by atoms with E-state index in [1.165, 1.54) is 57.1 Å². The molecule has 6 nitrogen and oxygen atoms in total. The highest BCUT2D eigenvalue weighted by Crippen LogP contribution is 2.29. The van der Waals surface area contributed by atoms with E-state index < -0.39 is 11.9 Å².